The second kappa shape index (κ2) is 10.8. The number of guanidine groups is 1. The predicted molar refractivity (Wildman–Crippen MR) is 119 cm³/mol. The Bertz CT molecular complexity index is 766. The summed E-state index contributed by atoms with van der Waals surface area (Å²) in [5.74, 6) is 0.583. The average molecular weight is 469 g/mol. The second-order valence-electron chi connectivity index (χ2n) is 6.07. The number of benzene rings is 1. The third-order valence-corrected chi connectivity index (χ3v) is 3.98. The lowest BCUT2D eigenvalue weighted by molar-refractivity contribution is -0.127. The van der Waals surface area contributed by atoms with E-state index in [0.29, 0.717) is 12.5 Å². The SMILES string of the molecule is C=CCNC(=NCC(=O)N(C)C)NCCc1c(C)[nH]c2ccccc12.I. The number of aromatic nitrogens is 1. The lowest BCUT2D eigenvalue weighted by Gasteiger charge is -2.13. The van der Waals surface area contributed by atoms with Crippen LogP contribution >= 0.6 is 24.0 Å². The molecule has 0 radical (unpaired) electrons. The molecule has 1 heterocycles. The number of fused-ring (bicyclic) bond motifs is 1. The Kier molecular flexibility index (Phi) is 9.18. The molecule has 0 aliphatic heterocycles. The third kappa shape index (κ3) is 6.05. The molecule has 0 aliphatic rings. The van der Waals surface area contributed by atoms with Crippen LogP contribution in [0, 0.1) is 6.92 Å². The first-order chi connectivity index (χ1) is 12.0. The highest BCUT2D eigenvalue weighted by molar-refractivity contribution is 14.0. The number of hydrogen-bond acceptors (Lipinski definition) is 2. The first kappa shape index (κ1) is 22.0. The van der Waals surface area contributed by atoms with E-state index in [-0.39, 0.29) is 36.4 Å². The number of likely N-dealkylation sites (N-methyl/N-ethyl adjacent to an activating group) is 1. The Hall–Kier alpha value is -2.03. The zero-order valence-electron chi connectivity index (χ0n) is 15.6. The van der Waals surface area contributed by atoms with Crippen LogP contribution in [0.4, 0.5) is 0 Å². The molecular weight excluding hydrogens is 441 g/mol. The van der Waals surface area contributed by atoms with E-state index in [1.54, 1.807) is 20.2 Å². The van der Waals surface area contributed by atoms with Gasteiger partial charge in [-0.3, -0.25) is 4.79 Å². The number of amides is 1. The van der Waals surface area contributed by atoms with Crippen LogP contribution < -0.4 is 10.6 Å². The van der Waals surface area contributed by atoms with E-state index in [1.165, 1.54) is 21.5 Å². The van der Waals surface area contributed by atoms with Crippen LogP contribution in [-0.2, 0) is 11.2 Å². The van der Waals surface area contributed by atoms with E-state index >= 15 is 0 Å². The van der Waals surface area contributed by atoms with Gasteiger partial charge in [0.05, 0.1) is 0 Å². The van der Waals surface area contributed by atoms with Crippen LogP contribution in [0.25, 0.3) is 10.9 Å². The highest BCUT2D eigenvalue weighted by Crippen LogP contribution is 2.21. The Morgan fingerprint density at radius 1 is 1.31 bits per heavy atom. The lowest BCUT2D eigenvalue weighted by Crippen LogP contribution is -2.39. The largest absolute Gasteiger partial charge is 0.358 e. The molecule has 0 fully saturated rings. The maximum absolute atomic E-state index is 11.7. The van der Waals surface area contributed by atoms with Gasteiger partial charge >= 0.3 is 0 Å². The van der Waals surface area contributed by atoms with E-state index < -0.39 is 0 Å². The minimum absolute atomic E-state index is 0. The Labute approximate surface area is 172 Å². The number of rotatable bonds is 7. The standard InChI is InChI=1S/C19H27N5O.HI/c1-5-11-20-19(22-13-18(25)24(3)4)21-12-10-15-14(2)23-17-9-7-6-8-16(15)17;/h5-9,23H,1,10-13H2,2-4H3,(H2,20,21,22);1H. The van der Waals surface area contributed by atoms with Crippen molar-refractivity contribution in [2.45, 2.75) is 13.3 Å². The van der Waals surface area contributed by atoms with E-state index in [1.807, 2.05) is 6.07 Å². The molecule has 0 saturated carbocycles. The van der Waals surface area contributed by atoms with Crippen molar-refractivity contribution in [1.82, 2.24) is 20.5 Å². The number of hydrogen-bond donors (Lipinski definition) is 3. The van der Waals surface area contributed by atoms with Crippen LogP contribution in [0.15, 0.2) is 41.9 Å². The minimum atomic E-state index is -0.0350. The van der Waals surface area contributed by atoms with Gasteiger partial charge < -0.3 is 20.5 Å². The van der Waals surface area contributed by atoms with E-state index in [2.05, 4.69) is 52.3 Å². The smallest absolute Gasteiger partial charge is 0.243 e. The van der Waals surface area contributed by atoms with Gasteiger partial charge in [0.25, 0.3) is 0 Å². The molecule has 1 aromatic carbocycles. The maximum atomic E-state index is 11.7. The number of nitrogens with one attached hydrogen (secondary N) is 3. The molecule has 1 aromatic heterocycles. The maximum Gasteiger partial charge on any atom is 0.243 e. The molecule has 0 unspecified atom stereocenters. The summed E-state index contributed by atoms with van der Waals surface area (Å²) in [5, 5.41) is 7.68. The summed E-state index contributed by atoms with van der Waals surface area (Å²) in [6.45, 7) is 7.22. The van der Waals surface area contributed by atoms with Crippen molar-refractivity contribution in [3.05, 3.63) is 48.2 Å². The molecule has 0 atom stereocenters. The quantitative estimate of drug-likeness (QED) is 0.253. The molecule has 2 aromatic rings. The first-order valence-electron chi connectivity index (χ1n) is 8.42. The topological polar surface area (TPSA) is 72.5 Å². The van der Waals surface area contributed by atoms with Crippen LogP contribution in [0.2, 0.25) is 0 Å². The third-order valence-electron chi connectivity index (χ3n) is 3.98. The van der Waals surface area contributed by atoms with Crippen LogP contribution in [0.1, 0.15) is 11.3 Å². The molecule has 142 valence electrons. The summed E-state index contributed by atoms with van der Waals surface area (Å²) in [5.41, 5.74) is 3.64. The van der Waals surface area contributed by atoms with Gasteiger partial charge in [0.15, 0.2) is 5.96 Å². The van der Waals surface area contributed by atoms with Gasteiger partial charge in [-0.2, -0.15) is 0 Å². The second-order valence-corrected chi connectivity index (χ2v) is 6.07. The number of carbonyl (C=O) groups excluding carboxylic acids is 1. The van der Waals surface area contributed by atoms with Gasteiger partial charge in [-0.15, -0.1) is 30.6 Å². The fourth-order valence-electron chi connectivity index (χ4n) is 2.59. The molecule has 0 aliphatic carbocycles. The number of H-pyrrole nitrogens is 1. The van der Waals surface area contributed by atoms with Crippen molar-refractivity contribution in [3.8, 4) is 0 Å². The molecular formula is C19H28IN5O. The van der Waals surface area contributed by atoms with E-state index in [4.69, 9.17) is 0 Å². The number of aromatic amines is 1. The van der Waals surface area contributed by atoms with Crippen molar-refractivity contribution in [1.29, 1.82) is 0 Å². The van der Waals surface area contributed by atoms with Gasteiger partial charge in [0, 0.05) is 43.8 Å². The molecule has 2 rings (SSSR count). The van der Waals surface area contributed by atoms with Crippen molar-refractivity contribution >= 4 is 46.7 Å². The van der Waals surface area contributed by atoms with Crippen molar-refractivity contribution in [2.24, 2.45) is 4.99 Å². The fourth-order valence-corrected chi connectivity index (χ4v) is 2.59. The number of para-hydroxylation sites is 1. The molecule has 1 amide bonds. The normalized spacial score (nSPS) is 11.0. The van der Waals surface area contributed by atoms with Crippen molar-refractivity contribution in [2.75, 3.05) is 33.7 Å². The highest BCUT2D eigenvalue weighted by Gasteiger charge is 2.08. The summed E-state index contributed by atoms with van der Waals surface area (Å²) in [6, 6.07) is 8.31. The van der Waals surface area contributed by atoms with Crippen LogP contribution in [-0.4, -0.2) is 55.5 Å². The Morgan fingerprint density at radius 2 is 2.04 bits per heavy atom. The predicted octanol–water partition coefficient (Wildman–Crippen LogP) is 2.45. The van der Waals surface area contributed by atoms with Crippen LogP contribution in [0.5, 0.6) is 0 Å². The molecule has 0 saturated heterocycles. The number of nitrogens with zero attached hydrogens (tertiary/aromatic N) is 2. The lowest BCUT2D eigenvalue weighted by atomic mass is 10.1. The number of aryl methyl sites for hydroxylation is 1. The average Bonchev–Trinajstić information content (AvgIpc) is 2.92. The monoisotopic (exact) mass is 469 g/mol. The summed E-state index contributed by atoms with van der Waals surface area (Å²) < 4.78 is 0. The highest BCUT2D eigenvalue weighted by atomic mass is 127. The summed E-state index contributed by atoms with van der Waals surface area (Å²) in [6.07, 6.45) is 2.63. The number of aliphatic imine (C=N–C) groups is 1. The van der Waals surface area contributed by atoms with E-state index in [0.717, 1.165) is 18.5 Å². The zero-order valence-corrected chi connectivity index (χ0v) is 18.0. The van der Waals surface area contributed by atoms with Crippen LogP contribution in [0.3, 0.4) is 0 Å². The van der Waals surface area contributed by atoms with Gasteiger partial charge in [0.2, 0.25) is 5.91 Å². The molecule has 3 N–H and O–H groups in total. The fraction of sp³-hybridized carbons (Fsp3) is 0.368. The first-order valence-corrected chi connectivity index (χ1v) is 8.42. The Morgan fingerprint density at radius 3 is 2.73 bits per heavy atom. The minimum Gasteiger partial charge on any atom is -0.358 e. The van der Waals surface area contributed by atoms with Gasteiger partial charge in [-0.1, -0.05) is 24.3 Å². The summed E-state index contributed by atoms with van der Waals surface area (Å²) in [4.78, 5) is 21.0. The van der Waals surface area contributed by atoms with Gasteiger partial charge in [-0.05, 0) is 25.0 Å². The van der Waals surface area contributed by atoms with Gasteiger partial charge in [-0.25, -0.2) is 4.99 Å². The van der Waals surface area contributed by atoms with E-state index in [9.17, 15) is 4.79 Å². The summed E-state index contributed by atoms with van der Waals surface area (Å²) in [7, 11) is 3.45. The molecule has 0 bridgehead atoms. The molecule has 7 heteroatoms. The molecule has 0 spiro atoms. The molecule has 6 nitrogen and oxygen atoms in total. The Balaban J connectivity index is 0.00000338. The van der Waals surface area contributed by atoms with Crippen molar-refractivity contribution in [3.63, 3.8) is 0 Å². The van der Waals surface area contributed by atoms with Crippen molar-refractivity contribution < 1.29 is 4.79 Å². The van der Waals surface area contributed by atoms with Gasteiger partial charge in [0.1, 0.15) is 6.54 Å². The zero-order chi connectivity index (χ0) is 18.2. The molecule has 26 heavy (non-hydrogen) atoms. The number of carbonyl (C=O) groups is 1. The number of halogens is 1. The summed E-state index contributed by atoms with van der Waals surface area (Å²) >= 11 is 0.